The second-order valence-electron chi connectivity index (χ2n) is 7.93. The van der Waals surface area contributed by atoms with Crippen LogP contribution in [0.25, 0.3) is 0 Å². The monoisotopic (exact) mass is 364 g/mol. The molecule has 1 aliphatic rings. The maximum atomic E-state index is 12.9. The predicted octanol–water partition coefficient (Wildman–Crippen LogP) is 4.73. The number of hydrogen-bond acceptors (Lipinski definition) is 2. The maximum Gasteiger partial charge on any atom is 0.229 e. The molecule has 0 spiro atoms. The molecule has 0 aliphatic carbocycles. The molecule has 2 amide bonds. The van der Waals surface area contributed by atoms with E-state index in [1.165, 1.54) is 0 Å². The van der Waals surface area contributed by atoms with Crippen LogP contribution in [0.2, 0.25) is 0 Å². The van der Waals surface area contributed by atoms with Crippen molar-refractivity contribution in [2.24, 2.45) is 5.92 Å². The number of amides is 2. The van der Waals surface area contributed by atoms with E-state index in [0.717, 1.165) is 33.6 Å². The van der Waals surface area contributed by atoms with Crippen LogP contribution in [0.3, 0.4) is 0 Å². The Morgan fingerprint density at radius 3 is 2.41 bits per heavy atom. The molecule has 2 aromatic carbocycles. The Labute approximate surface area is 161 Å². The highest BCUT2D eigenvalue weighted by Crippen LogP contribution is 2.31. The lowest BCUT2D eigenvalue weighted by atomic mass is 9.97. The minimum atomic E-state index is -0.335. The SMILES string of the molecule is Cc1cc(C)cc(N2CC(C(=O)Nc3c(C)cccc3C(C)C)CC2=O)c1. The second-order valence-corrected chi connectivity index (χ2v) is 7.93. The summed E-state index contributed by atoms with van der Waals surface area (Å²) in [4.78, 5) is 27.2. The molecule has 3 rings (SSSR count). The lowest BCUT2D eigenvalue weighted by Gasteiger charge is -2.20. The van der Waals surface area contributed by atoms with E-state index in [0.29, 0.717) is 12.5 Å². The summed E-state index contributed by atoms with van der Waals surface area (Å²) >= 11 is 0. The molecule has 1 aliphatic heterocycles. The van der Waals surface area contributed by atoms with E-state index in [1.807, 2.05) is 45.0 Å². The van der Waals surface area contributed by atoms with Crippen molar-refractivity contribution >= 4 is 23.2 Å². The summed E-state index contributed by atoms with van der Waals surface area (Å²) in [6.07, 6.45) is 0.252. The predicted molar refractivity (Wildman–Crippen MR) is 110 cm³/mol. The number of aryl methyl sites for hydroxylation is 3. The van der Waals surface area contributed by atoms with Crippen LogP contribution in [-0.4, -0.2) is 18.4 Å². The molecule has 1 fully saturated rings. The maximum absolute atomic E-state index is 12.9. The zero-order valence-corrected chi connectivity index (χ0v) is 16.8. The molecule has 4 nitrogen and oxygen atoms in total. The van der Waals surface area contributed by atoms with Crippen molar-refractivity contribution in [3.8, 4) is 0 Å². The van der Waals surface area contributed by atoms with Crippen molar-refractivity contribution in [1.29, 1.82) is 0 Å². The minimum absolute atomic E-state index is 0.00835. The lowest BCUT2D eigenvalue weighted by Crippen LogP contribution is -2.28. The van der Waals surface area contributed by atoms with Gasteiger partial charge in [-0.1, -0.05) is 38.1 Å². The Balaban J connectivity index is 1.79. The minimum Gasteiger partial charge on any atom is -0.325 e. The fraction of sp³-hybridized carbons (Fsp3) is 0.391. The molecule has 1 saturated heterocycles. The van der Waals surface area contributed by atoms with Crippen molar-refractivity contribution < 1.29 is 9.59 Å². The van der Waals surface area contributed by atoms with Gasteiger partial charge in [0.2, 0.25) is 11.8 Å². The molecule has 1 atom stereocenters. The van der Waals surface area contributed by atoms with E-state index in [1.54, 1.807) is 4.90 Å². The van der Waals surface area contributed by atoms with Crippen molar-refractivity contribution in [3.63, 3.8) is 0 Å². The molecule has 1 N–H and O–H groups in total. The number of carbonyl (C=O) groups excluding carboxylic acids is 2. The molecule has 4 heteroatoms. The summed E-state index contributed by atoms with van der Waals surface area (Å²) in [5, 5.41) is 3.10. The van der Waals surface area contributed by atoms with Gasteiger partial charge in [-0.2, -0.15) is 0 Å². The average molecular weight is 364 g/mol. The standard InChI is InChI=1S/C23H28N2O2/c1-14(2)20-8-6-7-17(5)22(20)24-23(27)18-12-21(26)25(13-18)19-10-15(3)9-16(4)11-19/h6-11,14,18H,12-13H2,1-5H3,(H,24,27). The van der Waals surface area contributed by atoms with Gasteiger partial charge in [-0.3, -0.25) is 9.59 Å². The fourth-order valence-corrected chi connectivity index (χ4v) is 3.81. The average Bonchev–Trinajstić information content (AvgIpc) is 2.97. The highest BCUT2D eigenvalue weighted by atomic mass is 16.2. The Morgan fingerprint density at radius 2 is 1.78 bits per heavy atom. The number of benzene rings is 2. The summed E-state index contributed by atoms with van der Waals surface area (Å²) in [6, 6.07) is 12.2. The first-order valence-corrected chi connectivity index (χ1v) is 9.55. The number of carbonyl (C=O) groups is 2. The van der Waals surface area contributed by atoms with Gasteiger partial charge < -0.3 is 10.2 Å². The van der Waals surface area contributed by atoms with Crippen LogP contribution in [-0.2, 0) is 9.59 Å². The molecular formula is C23H28N2O2. The molecule has 0 radical (unpaired) electrons. The van der Waals surface area contributed by atoms with Gasteiger partial charge in [-0.15, -0.1) is 0 Å². The molecule has 1 heterocycles. The third kappa shape index (κ3) is 4.05. The third-order valence-electron chi connectivity index (χ3n) is 5.19. The van der Waals surface area contributed by atoms with Crippen LogP contribution in [0.4, 0.5) is 11.4 Å². The summed E-state index contributed by atoms with van der Waals surface area (Å²) in [5.41, 5.74) is 6.17. The van der Waals surface area contributed by atoms with E-state index in [4.69, 9.17) is 0 Å². The molecule has 142 valence electrons. The summed E-state index contributed by atoms with van der Waals surface area (Å²) in [7, 11) is 0. The van der Waals surface area contributed by atoms with Crippen LogP contribution >= 0.6 is 0 Å². The van der Waals surface area contributed by atoms with E-state index in [9.17, 15) is 9.59 Å². The van der Waals surface area contributed by atoms with Crippen molar-refractivity contribution in [2.45, 2.75) is 47.0 Å². The second kappa shape index (κ2) is 7.55. The van der Waals surface area contributed by atoms with Gasteiger partial charge in [0.25, 0.3) is 0 Å². The van der Waals surface area contributed by atoms with E-state index in [-0.39, 0.29) is 24.2 Å². The zero-order valence-electron chi connectivity index (χ0n) is 16.8. The van der Waals surface area contributed by atoms with Crippen molar-refractivity contribution in [2.75, 3.05) is 16.8 Å². The zero-order chi connectivity index (χ0) is 19.7. The van der Waals surface area contributed by atoms with E-state index in [2.05, 4.69) is 31.3 Å². The van der Waals surface area contributed by atoms with E-state index >= 15 is 0 Å². The van der Waals surface area contributed by atoms with Gasteiger partial charge in [0.1, 0.15) is 0 Å². The molecule has 0 bridgehead atoms. The molecule has 1 unspecified atom stereocenters. The van der Waals surface area contributed by atoms with Crippen molar-refractivity contribution in [1.82, 2.24) is 0 Å². The van der Waals surface area contributed by atoms with Crippen LogP contribution < -0.4 is 10.2 Å². The Hall–Kier alpha value is -2.62. The third-order valence-corrected chi connectivity index (χ3v) is 5.19. The number of para-hydroxylation sites is 1. The first-order chi connectivity index (χ1) is 12.8. The normalized spacial score (nSPS) is 16.9. The van der Waals surface area contributed by atoms with Gasteiger partial charge >= 0.3 is 0 Å². The topological polar surface area (TPSA) is 49.4 Å². The lowest BCUT2D eigenvalue weighted by molar-refractivity contribution is -0.122. The van der Waals surface area contributed by atoms with Crippen LogP contribution in [0.5, 0.6) is 0 Å². The number of nitrogens with one attached hydrogen (secondary N) is 1. The summed E-state index contributed by atoms with van der Waals surface area (Å²) in [5.74, 6) is -0.0874. The van der Waals surface area contributed by atoms with Crippen LogP contribution in [0.15, 0.2) is 36.4 Å². The largest absolute Gasteiger partial charge is 0.325 e. The molecule has 0 aromatic heterocycles. The molecule has 0 saturated carbocycles. The number of hydrogen-bond donors (Lipinski definition) is 1. The first kappa shape index (κ1) is 19.2. The fourth-order valence-electron chi connectivity index (χ4n) is 3.81. The van der Waals surface area contributed by atoms with Crippen LogP contribution in [0.1, 0.15) is 48.4 Å². The highest BCUT2D eigenvalue weighted by Gasteiger charge is 2.35. The van der Waals surface area contributed by atoms with Gasteiger partial charge in [0.05, 0.1) is 5.92 Å². The molecular weight excluding hydrogens is 336 g/mol. The molecule has 2 aromatic rings. The van der Waals surface area contributed by atoms with Gasteiger partial charge in [0.15, 0.2) is 0 Å². The summed E-state index contributed by atoms with van der Waals surface area (Å²) < 4.78 is 0. The van der Waals surface area contributed by atoms with Gasteiger partial charge in [-0.05, 0) is 61.1 Å². The Kier molecular flexibility index (Phi) is 5.36. The number of anilines is 2. The molecule has 27 heavy (non-hydrogen) atoms. The first-order valence-electron chi connectivity index (χ1n) is 9.55. The summed E-state index contributed by atoms with van der Waals surface area (Å²) in [6.45, 7) is 10.7. The van der Waals surface area contributed by atoms with E-state index < -0.39 is 0 Å². The van der Waals surface area contributed by atoms with Gasteiger partial charge in [-0.25, -0.2) is 0 Å². The Morgan fingerprint density at radius 1 is 1.11 bits per heavy atom. The smallest absolute Gasteiger partial charge is 0.229 e. The Bertz CT molecular complexity index is 866. The highest BCUT2D eigenvalue weighted by molar-refractivity contribution is 6.04. The van der Waals surface area contributed by atoms with Crippen LogP contribution in [0, 0.1) is 26.7 Å². The quantitative estimate of drug-likeness (QED) is 0.853. The number of rotatable bonds is 4. The van der Waals surface area contributed by atoms with Crippen molar-refractivity contribution in [3.05, 3.63) is 58.7 Å². The number of nitrogens with zero attached hydrogens (tertiary/aromatic N) is 1. The van der Waals surface area contributed by atoms with Gasteiger partial charge in [0, 0.05) is 24.3 Å².